The van der Waals surface area contributed by atoms with Crippen LogP contribution in [0, 0.1) is 0 Å². The Kier molecular flexibility index (Phi) is 4.13. The molecule has 4 rings (SSSR count). The van der Waals surface area contributed by atoms with Gasteiger partial charge in [0, 0.05) is 51.5 Å². The second kappa shape index (κ2) is 6.44. The highest BCUT2D eigenvalue weighted by Gasteiger charge is 2.34. The van der Waals surface area contributed by atoms with Crippen LogP contribution in [0.25, 0.3) is 0 Å². The Balaban J connectivity index is 1.43. The zero-order valence-electron chi connectivity index (χ0n) is 14.7. The van der Waals surface area contributed by atoms with E-state index in [4.69, 9.17) is 0 Å². The summed E-state index contributed by atoms with van der Waals surface area (Å²) in [5, 5.41) is 0. The Morgan fingerprint density at radius 3 is 2.56 bits per heavy atom. The Bertz CT molecular complexity index is 771. The predicted octanol–water partition coefficient (Wildman–Crippen LogP) is 1.88. The maximum Gasteiger partial charge on any atom is 0.235 e. The van der Waals surface area contributed by atoms with Gasteiger partial charge in [0.25, 0.3) is 0 Å². The van der Waals surface area contributed by atoms with Gasteiger partial charge in [-0.05, 0) is 12.5 Å². The van der Waals surface area contributed by atoms with Gasteiger partial charge in [0.1, 0.15) is 5.82 Å². The predicted molar refractivity (Wildman–Crippen MR) is 97.8 cm³/mol. The van der Waals surface area contributed by atoms with Crippen LogP contribution in [0.4, 0.5) is 11.8 Å². The van der Waals surface area contributed by atoms with Crippen molar-refractivity contribution in [2.75, 3.05) is 43.0 Å². The highest BCUT2D eigenvalue weighted by Crippen LogP contribution is 2.34. The fourth-order valence-electron chi connectivity index (χ4n) is 3.58. The van der Waals surface area contributed by atoms with E-state index in [0.29, 0.717) is 0 Å². The van der Waals surface area contributed by atoms with Crippen molar-refractivity contribution in [3.05, 3.63) is 47.7 Å². The molecule has 1 amide bonds. The summed E-state index contributed by atoms with van der Waals surface area (Å²) in [4.78, 5) is 27.6. The molecule has 2 aliphatic rings. The molecule has 3 heterocycles. The van der Waals surface area contributed by atoms with E-state index in [1.54, 1.807) is 11.9 Å². The van der Waals surface area contributed by atoms with Crippen molar-refractivity contribution in [1.29, 1.82) is 0 Å². The van der Waals surface area contributed by atoms with E-state index >= 15 is 0 Å². The lowest BCUT2D eigenvalue weighted by atomic mass is 10.1. The maximum absolute atomic E-state index is 12.1. The van der Waals surface area contributed by atoms with Crippen molar-refractivity contribution in [3.63, 3.8) is 0 Å². The van der Waals surface area contributed by atoms with Crippen LogP contribution in [0.5, 0.6) is 0 Å². The van der Waals surface area contributed by atoms with Crippen molar-refractivity contribution in [2.24, 2.45) is 0 Å². The molecule has 0 spiro atoms. The standard InChI is InChI=1S/C19H23N5O/c1-14-16-12-20-19(21-17(16)22(2)18(14)25)24-10-8-23(9-11-24)13-15-6-4-3-5-7-15/h3-7,12,14H,8-11,13H2,1-2H3. The fourth-order valence-corrected chi connectivity index (χ4v) is 3.58. The summed E-state index contributed by atoms with van der Waals surface area (Å²) in [6.07, 6.45) is 1.82. The van der Waals surface area contributed by atoms with Crippen LogP contribution >= 0.6 is 0 Å². The van der Waals surface area contributed by atoms with Gasteiger partial charge in [-0.15, -0.1) is 0 Å². The molecule has 6 nitrogen and oxygen atoms in total. The molecule has 25 heavy (non-hydrogen) atoms. The number of fused-ring (bicyclic) bond motifs is 1. The van der Waals surface area contributed by atoms with Gasteiger partial charge in [-0.2, -0.15) is 4.98 Å². The Morgan fingerprint density at radius 2 is 1.84 bits per heavy atom. The molecule has 1 unspecified atom stereocenters. The minimum atomic E-state index is -0.142. The minimum Gasteiger partial charge on any atom is -0.338 e. The third-order valence-electron chi connectivity index (χ3n) is 5.17. The first kappa shape index (κ1) is 16.0. The average molecular weight is 337 g/mol. The molecule has 1 aromatic heterocycles. The zero-order valence-corrected chi connectivity index (χ0v) is 14.7. The van der Waals surface area contributed by atoms with Crippen LogP contribution < -0.4 is 9.80 Å². The SMILES string of the molecule is CC1C(=O)N(C)c2nc(N3CCN(Cc4ccccc4)CC3)ncc21. The summed E-state index contributed by atoms with van der Waals surface area (Å²) in [5.74, 6) is 1.44. The van der Waals surface area contributed by atoms with E-state index in [1.807, 2.05) is 13.1 Å². The Labute approximate surface area is 148 Å². The topological polar surface area (TPSA) is 52.6 Å². The number of rotatable bonds is 3. The summed E-state index contributed by atoms with van der Waals surface area (Å²) in [5.41, 5.74) is 2.28. The summed E-state index contributed by atoms with van der Waals surface area (Å²) in [7, 11) is 1.79. The first-order valence-corrected chi connectivity index (χ1v) is 8.79. The normalized spacial score (nSPS) is 20.9. The monoisotopic (exact) mass is 337 g/mol. The van der Waals surface area contributed by atoms with Gasteiger partial charge in [0.15, 0.2) is 0 Å². The van der Waals surface area contributed by atoms with E-state index in [2.05, 4.69) is 50.1 Å². The molecule has 0 N–H and O–H groups in total. The number of anilines is 2. The highest BCUT2D eigenvalue weighted by atomic mass is 16.2. The van der Waals surface area contributed by atoms with Crippen LogP contribution in [0.1, 0.15) is 24.0 Å². The molecule has 1 atom stereocenters. The lowest BCUT2D eigenvalue weighted by Gasteiger charge is -2.34. The Morgan fingerprint density at radius 1 is 1.12 bits per heavy atom. The number of carbonyl (C=O) groups is 1. The van der Waals surface area contributed by atoms with Crippen molar-refractivity contribution in [3.8, 4) is 0 Å². The van der Waals surface area contributed by atoms with Gasteiger partial charge in [-0.25, -0.2) is 4.98 Å². The fraction of sp³-hybridized carbons (Fsp3) is 0.421. The van der Waals surface area contributed by atoms with Crippen molar-refractivity contribution >= 4 is 17.7 Å². The maximum atomic E-state index is 12.1. The number of aromatic nitrogens is 2. The van der Waals surface area contributed by atoms with E-state index < -0.39 is 0 Å². The molecular weight excluding hydrogens is 314 g/mol. The smallest absolute Gasteiger partial charge is 0.235 e. The number of piperazine rings is 1. The molecule has 1 aromatic carbocycles. The number of amides is 1. The average Bonchev–Trinajstić information content (AvgIpc) is 2.87. The van der Waals surface area contributed by atoms with Gasteiger partial charge in [0.2, 0.25) is 11.9 Å². The van der Waals surface area contributed by atoms with Crippen LogP contribution in [-0.4, -0.2) is 54.0 Å². The summed E-state index contributed by atoms with van der Waals surface area (Å²) >= 11 is 0. The summed E-state index contributed by atoms with van der Waals surface area (Å²) in [6, 6.07) is 10.6. The van der Waals surface area contributed by atoms with Crippen molar-refractivity contribution in [1.82, 2.24) is 14.9 Å². The molecule has 2 aliphatic heterocycles. The third-order valence-corrected chi connectivity index (χ3v) is 5.17. The summed E-state index contributed by atoms with van der Waals surface area (Å²) < 4.78 is 0. The number of nitrogens with zero attached hydrogens (tertiary/aromatic N) is 5. The van der Waals surface area contributed by atoms with Crippen LogP contribution in [0.15, 0.2) is 36.5 Å². The molecule has 6 heteroatoms. The molecule has 1 saturated heterocycles. The lowest BCUT2D eigenvalue weighted by Crippen LogP contribution is -2.46. The van der Waals surface area contributed by atoms with Crippen molar-refractivity contribution in [2.45, 2.75) is 19.4 Å². The highest BCUT2D eigenvalue weighted by molar-refractivity contribution is 6.03. The molecule has 0 bridgehead atoms. The van der Waals surface area contributed by atoms with Gasteiger partial charge >= 0.3 is 0 Å². The molecule has 0 saturated carbocycles. The van der Waals surface area contributed by atoms with Gasteiger partial charge < -0.3 is 4.90 Å². The second-order valence-electron chi connectivity index (χ2n) is 6.82. The number of likely N-dealkylation sites (N-methyl/N-ethyl adjacent to an activating group) is 1. The van der Waals surface area contributed by atoms with Gasteiger partial charge in [-0.1, -0.05) is 30.3 Å². The summed E-state index contributed by atoms with van der Waals surface area (Å²) in [6.45, 7) is 6.67. The van der Waals surface area contributed by atoms with E-state index in [9.17, 15) is 4.79 Å². The quantitative estimate of drug-likeness (QED) is 0.856. The van der Waals surface area contributed by atoms with E-state index in [0.717, 1.165) is 50.1 Å². The van der Waals surface area contributed by atoms with Crippen molar-refractivity contribution < 1.29 is 4.79 Å². The molecule has 0 aliphatic carbocycles. The zero-order chi connectivity index (χ0) is 17.4. The lowest BCUT2D eigenvalue weighted by molar-refractivity contribution is -0.118. The van der Waals surface area contributed by atoms with Crippen LogP contribution in [0.3, 0.4) is 0 Å². The first-order chi connectivity index (χ1) is 12.1. The van der Waals surface area contributed by atoms with E-state index in [-0.39, 0.29) is 11.8 Å². The first-order valence-electron chi connectivity index (χ1n) is 8.79. The minimum absolute atomic E-state index is 0.0918. The Hall–Kier alpha value is -2.47. The van der Waals surface area contributed by atoms with Crippen LogP contribution in [-0.2, 0) is 11.3 Å². The number of hydrogen-bond donors (Lipinski definition) is 0. The largest absolute Gasteiger partial charge is 0.338 e. The molecule has 2 aromatic rings. The molecule has 0 radical (unpaired) electrons. The van der Waals surface area contributed by atoms with E-state index in [1.165, 1.54) is 5.56 Å². The number of hydrogen-bond acceptors (Lipinski definition) is 5. The molecular formula is C19H23N5O. The number of benzene rings is 1. The van der Waals surface area contributed by atoms with Gasteiger partial charge in [-0.3, -0.25) is 14.6 Å². The number of carbonyl (C=O) groups excluding carboxylic acids is 1. The molecule has 1 fully saturated rings. The van der Waals surface area contributed by atoms with Crippen LogP contribution in [0.2, 0.25) is 0 Å². The third kappa shape index (κ3) is 2.98. The molecule has 130 valence electrons. The van der Waals surface area contributed by atoms with Gasteiger partial charge in [0.05, 0.1) is 5.92 Å². The second-order valence-corrected chi connectivity index (χ2v) is 6.82.